The van der Waals surface area contributed by atoms with Crippen molar-refractivity contribution in [1.29, 1.82) is 0 Å². The quantitative estimate of drug-likeness (QED) is 0.868. The zero-order valence-corrected chi connectivity index (χ0v) is 11.2. The zero-order chi connectivity index (χ0) is 15.3. The molecule has 0 atom stereocenters. The van der Waals surface area contributed by atoms with Crippen LogP contribution in [0.25, 0.3) is 0 Å². The maximum atomic E-state index is 13.5. The van der Waals surface area contributed by atoms with Gasteiger partial charge in [-0.05, 0) is 26.0 Å². The summed E-state index contributed by atoms with van der Waals surface area (Å²) in [6.07, 6.45) is 0. The van der Waals surface area contributed by atoms with E-state index in [1.54, 1.807) is 13.8 Å². The van der Waals surface area contributed by atoms with Crippen LogP contribution in [-0.4, -0.2) is 41.6 Å². The van der Waals surface area contributed by atoms with Crippen LogP contribution < -0.4 is 4.74 Å². The van der Waals surface area contributed by atoms with Crippen molar-refractivity contribution < 1.29 is 28.2 Å². The number of halogens is 2. The smallest absolute Gasteiger partial charge is 0.335 e. The number of likely N-dealkylation sites (N-methyl/N-ethyl adjacent to an activating group) is 1. The Bertz CT molecular complexity index is 492. The van der Waals surface area contributed by atoms with Gasteiger partial charge >= 0.3 is 5.97 Å². The molecule has 0 aliphatic heterocycles. The molecule has 0 aromatic heterocycles. The molecule has 0 heterocycles. The van der Waals surface area contributed by atoms with Gasteiger partial charge in [0.25, 0.3) is 5.91 Å². The molecule has 0 spiro atoms. The lowest BCUT2D eigenvalue weighted by molar-refractivity contribution is -0.133. The van der Waals surface area contributed by atoms with Gasteiger partial charge in [0.1, 0.15) is 0 Å². The summed E-state index contributed by atoms with van der Waals surface area (Å²) in [7, 11) is 0. The molecule has 1 amide bonds. The summed E-state index contributed by atoms with van der Waals surface area (Å²) in [6.45, 7) is 3.94. The predicted octanol–water partition coefficient (Wildman–Crippen LogP) is 1.91. The van der Waals surface area contributed by atoms with Gasteiger partial charge in [-0.1, -0.05) is 0 Å². The van der Waals surface area contributed by atoms with Crippen molar-refractivity contribution in [2.45, 2.75) is 13.8 Å². The van der Waals surface area contributed by atoms with E-state index in [1.165, 1.54) is 4.90 Å². The molecule has 0 aliphatic carbocycles. The van der Waals surface area contributed by atoms with Crippen LogP contribution in [0, 0.1) is 11.6 Å². The molecule has 0 unspecified atom stereocenters. The minimum Gasteiger partial charge on any atom is -0.478 e. The fourth-order valence-electron chi connectivity index (χ4n) is 1.62. The molecule has 0 saturated carbocycles. The van der Waals surface area contributed by atoms with Gasteiger partial charge in [0.05, 0.1) is 5.56 Å². The predicted molar refractivity (Wildman–Crippen MR) is 66.7 cm³/mol. The van der Waals surface area contributed by atoms with E-state index in [0.29, 0.717) is 25.2 Å². The Morgan fingerprint density at radius 2 is 1.70 bits per heavy atom. The lowest BCUT2D eigenvalue weighted by Crippen LogP contribution is -2.34. The number of hydrogen-bond donors (Lipinski definition) is 1. The lowest BCUT2D eigenvalue weighted by atomic mass is 10.2. The number of benzene rings is 1. The van der Waals surface area contributed by atoms with Crippen LogP contribution in [0.5, 0.6) is 5.75 Å². The van der Waals surface area contributed by atoms with Gasteiger partial charge in [-0.15, -0.1) is 0 Å². The van der Waals surface area contributed by atoms with Gasteiger partial charge in [-0.3, -0.25) is 4.79 Å². The van der Waals surface area contributed by atoms with Crippen LogP contribution in [0.15, 0.2) is 12.1 Å². The first-order valence-corrected chi connectivity index (χ1v) is 6.03. The third kappa shape index (κ3) is 3.66. The number of carboxylic acid groups (broad SMARTS) is 1. The van der Waals surface area contributed by atoms with Crippen LogP contribution in [0.3, 0.4) is 0 Å². The van der Waals surface area contributed by atoms with E-state index in [2.05, 4.69) is 0 Å². The maximum Gasteiger partial charge on any atom is 0.335 e. The molecule has 0 fully saturated rings. The summed E-state index contributed by atoms with van der Waals surface area (Å²) >= 11 is 0. The standard InChI is InChI=1S/C13H15F2NO4/c1-3-16(4-2)11(17)7-20-12-9(14)5-8(13(18)19)6-10(12)15/h5-6H,3-4,7H2,1-2H3,(H,18,19). The van der Waals surface area contributed by atoms with Crippen molar-refractivity contribution >= 4 is 11.9 Å². The maximum absolute atomic E-state index is 13.5. The second-order valence-electron chi connectivity index (χ2n) is 3.93. The highest BCUT2D eigenvalue weighted by Gasteiger charge is 2.18. The first-order valence-electron chi connectivity index (χ1n) is 6.03. The summed E-state index contributed by atoms with van der Waals surface area (Å²) in [5.74, 6) is -4.93. The highest BCUT2D eigenvalue weighted by molar-refractivity contribution is 5.87. The fourth-order valence-corrected chi connectivity index (χ4v) is 1.62. The van der Waals surface area contributed by atoms with E-state index in [-0.39, 0.29) is 0 Å². The molecular weight excluding hydrogens is 272 g/mol. The lowest BCUT2D eigenvalue weighted by Gasteiger charge is -2.18. The highest BCUT2D eigenvalue weighted by atomic mass is 19.1. The highest BCUT2D eigenvalue weighted by Crippen LogP contribution is 2.23. The molecule has 1 aromatic carbocycles. The minimum atomic E-state index is -1.45. The average molecular weight is 287 g/mol. The van der Waals surface area contributed by atoms with E-state index < -0.39 is 41.4 Å². The number of aromatic carboxylic acids is 1. The second kappa shape index (κ2) is 6.83. The van der Waals surface area contributed by atoms with E-state index >= 15 is 0 Å². The van der Waals surface area contributed by atoms with Crippen LogP contribution in [0.4, 0.5) is 8.78 Å². The third-order valence-electron chi connectivity index (χ3n) is 2.70. The molecule has 0 bridgehead atoms. The van der Waals surface area contributed by atoms with Crippen molar-refractivity contribution in [3.63, 3.8) is 0 Å². The Morgan fingerprint density at radius 1 is 1.20 bits per heavy atom. The van der Waals surface area contributed by atoms with Gasteiger partial charge in [0.15, 0.2) is 24.0 Å². The van der Waals surface area contributed by atoms with Gasteiger partial charge in [0, 0.05) is 13.1 Å². The Morgan fingerprint density at radius 3 is 2.10 bits per heavy atom. The number of hydrogen-bond acceptors (Lipinski definition) is 3. The van der Waals surface area contributed by atoms with Crippen LogP contribution in [0.2, 0.25) is 0 Å². The minimum absolute atomic E-state index is 0.406. The monoisotopic (exact) mass is 287 g/mol. The van der Waals surface area contributed by atoms with Crippen LogP contribution >= 0.6 is 0 Å². The summed E-state index contributed by atoms with van der Waals surface area (Å²) in [6, 6.07) is 1.28. The Balaban J connectivity index is 2.84. The number of nitrogens with zero attached hydrogens (tertiary/aromatic N) is 1. The zero-order valence-electron chi connectivity index (χ0n) is 11.2. The molecule has 20 heavy (non-hydrogen) atoms. The SMILES string of the molecule is CCN(CC)C(=O)COc1c(F)cc(C(=O)O)cc1F. The van der Waals surface area contributed by atoms with Gasteiger partial charge in [-0.25, -0.2) is 13.6 Å². The molecule has 5 nitrogen and oxygen atoms in total. The summed E-state index contributed by atoms with van der Waals surface area (Å²) in [5.41, 5.74) is -0.526. The molecule has 1 aromatic rings. The number of amides is 1. The molecule has 1 N–H and O–H groups in total. The Kier molecular flexibility index (Phi) is 5.42. The Hall–Kier alpha value is -2.18. The van der Waals surface area contributed by atoms with Crippen LogP contribution in [0.1, 0.15) is 24.2 Å². The summed E-state index contributed by atoms with van der Waals surface area (Å²) in [4.78, 5) is 23.7. The first-order chi connectivity index (χ1) is 9.40. The number of carboxylic acids is 1. The van der Waals surface area contributed by atoms with Crippen molar-refractivity contribution in [3.8, 4) is 5.75 Å². The van der Waals surface area contributed by atoms with Crippen molar-refractivity contribution in [2.75, 3.05) is 19.7 Å². The third-order valence-corrected chi connectivity index (χ3v) is 2.70. The summed E-state index contributed by atoms with van der Waals surface area (Å²) in [5, 5.41) is 8.64. The molecular formula is C13H15F2NO4. The molecule has 1 rings (SSSR count). The van der Waals surface area contributed by atoms with Crippen molar-refractivity contribution in [1.82, 2.24) is 4.90 Å². The van der Waals surface area contributed by atoms with Gasteiger partial charge < -0.3 is 14.7 Å². The molecule has 7 heteroatoms. The fraction of sp³-hybridized carbons (Fsp3) is 0.385. The van der Waals surface area contributed by atoms with E-state index in [9.17, 15) is 18.4 Å². The van der Waals surface area contributed by atoms with Crippen molar-refractivity contribution in [2.24, 2.45) is 0 Å². The molecule has 110 valence electrons. The molecule has 0 saturated heterocycles. The molecule has 0 radical (unpaired) electrons. The topological polar surface area (TPSA) is 66.8 Å². The first kappa shape index (κ1) is 15.9. The van der Waals surface area contributed by atoms with E-state index in [1.807, 2.05) is 0 Å². The average Bonchev–Trinajstić information content (AvgIpc) is 2.38. The number of ether oxygens (including phenoxy) is 1. The van der Waals surface area contributed by atoms with E-state index in [4.69, 9.17) is 9.84 Å². The Labute approximate surface area is 114 Å². The largest absolute Gasteiger partial charge is 0.478 e. The molecule has 0 aliphatic rings. The van der Waals surface area contributed by atoms with Gasteiger partial charge in [0.2, 0.25) is 0 Å². The van der Waals surface area contributed by atoms with Gasteiger partial charge in [-0.2, -0.15) is 0 Å². The normalized spacial score (nSPS) is 10.2. The number of carbonyl (C=O) groups excluding carboxylic acids is 1. The van der Waals surface area contributed by atoms with Crippen LogP contribution in [-0.2, 0) is 4.79 Å². The number of rotatable bonds is 6. The summed E-state index contributed by atoms with van der Waals surface area (Å²) < 4.78 is 31.9. The second-order valence-corrected chi connectivity index (χ2v) is 3.93. The van der Waals surface area contributed by atoms with E-state index in [0.717, 1.165) is 0 Å². The van der Waals surface area contributed by atoms with Crippen molar-refractivity contribution in [3.05, 3.63) is 29.3 Å². The number of carbonyl (C=O) groups is 2.